The van der Waals surface area contributed by atoms with Crippen LogP contribution in [0.15, 0.2) is 55.0 Å². The Labute approximate surface area is 170 Å². The molecule has 3 rings (SSSR count). The Morgan fingerprint density at radius 2 is 2.00 bits per heavy atom. The highest BCUT2D eigenvalue weighted by atomic mass is 16.5. The predicted octanol–water partition coefficient (Wildman–Crippen LogP) is 2.51. The molecule has 2 heterocycles. The van der Waals surface area contributed by atoms with Gasteiger partial charge in [0, 0.05) is 67.3 Å². The van der Waals surface area contributed by atoms with Crippen molar-refractivity contribution >= 4 is 29.5 Å². The molecule has 7 heteroatoms. The Morgan fingerprint density at radius 1 is 1.24 bits per heavy atom. The van der Waals surface area contributed by atoms with Crippen molar-refractivity contribution in [1.29, 1.82) is 5.41 Å². The summed E-state index contributed by atoms with van der Waals surface area (Å²) in [5, 5.41) is 10.3. The van der Waals surface area contributed by atoms with E-state index in [4.69, 9.17) is 15.9 Å². The second-order valence-electron chi connectivity index (χ2n) is 6.64. The lowest BCUT2D eigenvalue weighted by molar-refractivity contribution is -0.111. The van der Waals surface area contributed by atoms with Crippen LogP contribution in [0.3, 0.4) is 0 Å². The first kappa shape index (κ1) is 20.4. The highest BCUT2D eigenvalue weighted by Crippen LogP contribution is 2.18. The fraction of sp³-hybridized carbons (Fsp3) is 0.227. The number of hydrogen-bond acceptors (Lipinski definition) is 6. The molecule has 1 aromatic carbocycles. The maximum Gasteiger partial charge on any atom is 0.248 e. The molecule has 0 bridgehead atoms. The zero-order valence-corrected chi connectivity index (χ0v) is 16.2. The molecule has 1 fully saturated rings. The van der Waals surface area contributed by atoms with Gasteiger partial charge in [0.1, 0.15) is 0 Å². The largest absolute Gasteiger partial charge is 0.404 e. The van der Waals surface area contributed by atoms with Crippen LogP contribution in [0.25, 0.3) is 11.6 Å². The highest BCUT2D eigenvalue weighted by Gasteiger charge is 2.10. The first-order valence-electron chi connectivity index (χ1n) is 9.44. The van der Waals surface area contributed by atoms with Gasteiger partial charge >= 0.3 is 0 Å². The number of pyridine rings is 1. The monoisotopic (exact) mass is 391 g/mol. The van der Waals surface area contributed by atoms with Crippen LogP contribution in [-0.2, 0) is 16.1 Å². The summed E-state index contributed by atoms with van der Waals surface area (Å²) < 4.78 is 5.37. The third kappa shape index (κ3) is 5.84. The lowest BCUT2D eigenvalue weighted by Crippen LogP contribution is -2.35. The van der Waals surface area contributed by atoms with Gasteiger partial charge in [0.2, 0.25) is 5.91 Å². The quantitative estimate of drug-likeness (QED) is 0.497. The van der Waals surface area contributed by atoms with Gasteiger partial charge in [0.05, 0.1) is 13.2 Å². The van der Waals surface area contributed by atoms with E-state index >= 15 is 0 Å². The number of hydrogen-bond donors (Lipinski definition) is 3. The molecule has 1 aliphatic heterocycles. The molecule has 29 heavy (non-hydrogen) atoms. The number of ether oxygens (including phenoxy) is 1. The molecule has 1 aliphatic rings. The van der Waals surface area contributed by atoms with Gasteiger partial charge in [-0.3, -0.25) is 14.7 Å². The summed E-state index contributed by atoms with van der Waals surface area (Å²) in [5.41, 5.74) is 9.52. The number of nitrogens with zero attached hydrogens (tertiary/aromatic N) is 2. The molecular weight excluding hydrogens is 366 g/mol. The molecule has 2 aromatic rings. The van der Waals surface area contributed by atoms with E-state index in [1.54, 1.807) is 24.5 Å². The van der Waals surface area contributed by atoms with Gasteiger partial charge in [-0.2, -0.15) is 0 Å². The smallest absolute Gasteiger partial charge is 0.248 e. The fourth-order valence-electron chi connectivity index (χ4n) is 3.08. The summed E-state index contributed by atoms with van der Waals surface area (Å²) in [5.74, 6) is -0.242. The number of nitrogens with two attached hydrogens (primary N) is 1. The highest BCUT2D eigenvalue weighted by molar-refractivity contribution is 6.10. The Hall–Kier alpha value is -3.29. The van der Waals surface area contributed by atoms with Crippen molar-refractivity contribution in [3.8, 4) is 0 Å². The summed E-state index contributed by atoms with van der Waals surface area (Å²) >= 11 is 0. The Morgan fingerprint density at radius 3 is 2.69 bits per heavy atom. The first-order valence-corrected chi connectivity index (χ1v) is 9.44. The molecular formula is C22H25N5O2. The Kier molecular flexibility index (Phi) is 7.27. The van der Waals surface area contributed by atoms with Gasteiger partial charge in [0.25, 0.3) is 0 Å². The number of amides is 1. The molecule has 0 saturated carbocycles. The summed E-state index contributed by atoms with van der Waals surface area (Å²) in [7, 11) is 0. The van der Waals surface area contributed by atoms with Crippen LogP contribution in [0.2, 0.25) is 0 Å². The number of anilines is 1. The van der Waals surface area contributed by atoms with Gasteiger partial charge < -0.3 is 21.2 Å². The summed E-state index contributed by atoms with van der Waals surface area (Å²) in [6.07, 6.45) is 8.89. The Bertz CT molecular complexity index is 900. The van der Waals surface area contributed by atoms with Gasteiger partial charge in [-0.1, -0.05) is 12.1 Å². The maximum absolute atomic E-state index is 12.3. The van der Waals surface area contributed by atoms with Gasteiger partial charge in [-0.15, -0.1) is 0 Å². The van der Waals surface area contributed by atoms with E-state index < -0.39 is 0 Å². The molecule has 1 amide bonds. The molecule has 150 valence electrons. The molecule has 0 unspecified atom stereocenters. The third-order valence-electron chi connectivity index (χ3n) is 4.64. The van der Waals surface area contributed by atoms with Gasteiger partial charge in [-0.25, -0.2) is 0 Å². The topological polar surface area (TPSA) is 104 Å². The SMILES string of the molecule is N=C/C(=C\N)c1ccncc1/C=C/C(=O)Nc1ccc(CN2CCOCC2)cc1. The van der Waals surface area contributed by atoms with Crippen molar-refractivity contribution in [2.75, 3.05) is 31.6 Å². The standard InChI is InChI=1S/C22H25N5O2/c23-13-19(14-24)21-7-8-25-15-18(21)3-6-22(28)26-20-4-1-17(2-5-20)16-27-9-11-29-12-10-27/h1-8,13-15,23H,9-12,16,24H2,(H,26,28)/b6-3+,19-14+,23-13?. The van der Waals surface area contributed by atoms with Crippen molar-refractivity contribution in [2.24, 2.45) is 5.73 Å². The number of morpholine rings is 1. The van der Waals surface area contributed by atoms with Crippen molar-refractivity contribution in [1.82, 2.24) is 9.88 Å². The van der Waals surface area contributed by atoms with E-state index in [1.165, 1.54) is 24.1 Å². The predicted molar refractivity (Wildman–Crippen MR) is 115 cm³/mol. The van der Waals surface area contributed by atoms with Gasteiger partial charge in [0.15, 0.2) is 0 Å². The molecule has 0 aliphatic carbocycles. The van der Waals surface area contributed by atoms with E-state index in [0.717, 1.165) is 44.1 Å². The number of carbonyl (C=O) groups excluding carboxylic acids is 1. The van der Waals surface area contributed by atoms with Crippen LogP contribution >= 0.6 is 0 Å². The summed E-state index contributed by atoms with van der Waals surface area (Å²) in [6.45, 7) is 4.33. The van der Waals surface area contributed by atoms with Crippen LogP contribution in [0, 0.1) is 5.41 Å². The van der Waals surface area contributed by atoms with Crippen LogP contribution in [0.4, 0.5) is 5.69 Å². The maximum atomic E-state index is 12.3. The summed E-state index contributed by atoms with van der Waals surface area (Å²) in [6, 6.07) is 9.62. The molecule has 1 saturated heterocycles. The molecule has 1 aromatic heterocycles. The number of nitrogens with one attached hydrogen (secondary N) is 2. The van der Waals surface area contributed by atoms with Crippen LogP contribution in [-0.4, -0.2) is 48.3 Å². The summed E-state index contributed by atoms with van der Waals surface area (Å²) in [4.78, 5) is 18.7. The average molecular weight is 391 g/mol. The van der Waals surface area contributed by atoms with E-state index in [0.29, 0.717) is 11.1 Å². The van der Waals surface area contributed by atoms with Crippen molar-refractivity contribution in [2.45, 2.75) is 6.54 Å². The molecule has 7 nitrogen and oxygen atoms in total. The molecule has 0 spiro atoms. The number of allylic oxidation sites excluding steroid dienone is 1. The van der Waals surface area contributed by atoms with Crippen molar-refractivity contribution in [3.05, 3.63) is 71.7 Å². The Balaban J connectivity index is 1.60. The minimum Gasteiger partial charge on any atom is -0.404 e. The second kappa shape index (κ2) is 10.3. The van der Waals surface area contributed by atoms with Crippen LogP contribution in [0.1, 0.15) is 16.7 Å². The average Bonchev–Trinajstić information content (AvgIpc) is 2.76. The lowest BCUT2D eigenvalue weighted by Gasteiger charge is -2.26. The first-order chi connectivity index (χ1) is 14.2. The minimum absolute atomic E-state index is 0.242. The molecule has 0 radical (unpaired) electrons. The number of aromatic nitrogens is 1. The van der Waals surface area contributed by atoms with E-state index in [9.17, 15) is 4.79 Å². The zero-order chi connectivity index (χ0) is 20.5. The molecule has 0 atom stereocenters. The normalized spacial score (nSPS) is 15.4. The fourth-order valence-corrected chi connectivity index (χ4v) is 3.08. The minimum atomic E-state index is -0.242. The van der Waals surface area contributed by atoms with Crippen molar-refractivity contribution in [3.63, 3.8) is 0 Å². The second-order valence-corrected chi connectivity index (χ2v) is 6.64. The number of benzene rings is 1. The number of rotatable bonds is 7. The van der Waals surface area contributed by atoms with Gasteiger partial charge in [-0.05, 0) is 35.4 Å². The van der Waals surface area contributed by atoms with E-state index in [-0.39, 0.29) is 5.91 Å². The zero-order valence-electron chi connectivity index (χ0n) is 16.2. The molecule has 4 N–H and O–H groups in total. The van der Waals surface area contributed by atoms with Crippen LogP contribution < -0.4 is 11.1 Å². The van der Waals surface area contributed by atoms with Crippen LogP contribution in [0.5, 0.6) is 0 Å². The van der Waals surface area contributed by atoms with E-state index in [2.05, 4.69) is 15.2 Å². The van der Waals surface area contributed by atoms with E-state index in [1.807, 2.05) is 24.3 Å². The lowest BCUT2D eigenvalue weighted by atomic mass is 10.0. The third-order valence-corrected chi connectivity index (χ3v) is 4.64. The van der Waals surface area contributed by atoms with Crippen molar-refractivity contribution < 1.29 is 9.53 Å². The number of carbonyl (C=O) groups is 1.